The molecule has 0 heterocycles. The van der Waals surface area contributed by atoms with E-state index in [4.69, 9.17) is 4.74 Å². The number of hydrogen-bond acceptors (Lipinski definition) is 4. The minimum absolute atomic E-state index is 0.0844. The zero-order valence-electron chi connectivity index (χ0n) is 12.6. The molecule has 1 N–H and O–H groups in total. The molecular formula is C15H28N2O2. The summed E-state index contributed by atoms with van der Waals surface area (Å²) in [6, 6.07) is 0.507. The largest absolute Gasteiger partial charge is 0.468 e. The van der Waals surface area contributed by atoms with Crippen LogP contribution in [0.5, 0.6) is 0 Å². The average molecular weight is 268 g/mol. The van der Waals surface area contributed by atoms with Crippen LogP contribution >= 0.6 is 0 Å². The molecule has 0 aromatic heterocycles. The van der Waals surface area contributed by atoms with Crippen LogP contribution in [0.2, 0.25) is 0 Å². The van der Waals surface area contributed by atoms with E-state index in [0.717, 1.165) is 31.7 Å². The monoisotopic (exact) mass is 268 g/mol. The minimum atomic E-state index is -0.454. The summed E-state index contributed by atoms with van der Waals surface area (Å²) in [6.07, 6.45) is 6.85. The van der Waals surface area contributed by atoms with Crippen molar-refractivity contribution < 1.29 is 9.53 Å². The molecule has 0 saturated heterocycles. The van der Waals surface area contributed by atoms with Crippen LogP contribution in [0.4, 0.5) is 0 Å². The Hall–Kier alpha value is -0.610. The first-order valence-corrected chi connectivity index (χ1v) is 7.65. The Morgan fingerprint density at radius 3 is 2.74 bits per heavy atom. The number of likely N-dealkylation sites (N-methyl/N-ethyl adjacent to an activating group) is 1. The number of carbonyl (C=O) groups excluding carboxylic acids is 1. The molecule has 0 bridgehead atoms. The molecule has 0 spiro atoms. The average Bonchev–Trinajstić information content (AvgIpc) is 3.22. The van der Waals surface area contributed by atoms with Gasteiger partial charge in [-0.25, -0.2) is 0 Å². The molecule has 2 unspecified atom stereocenters. The Balaban J connectivity index is 2.00. The predicted octanol–water partition coefficient (Wildman–Crippen LogP) is 1.79. The maximum absolute atomic E-state index is 12.2. The molecule has 110 valence electrons. The van der Waals surface area contributed by atoms with Crippen molar-refractivity contribution in [3.63, 3.8) is 0 Å². The van der Waals surface area contributed by atoms with Gasteiger partial charge < -0.3 is 15.0 Å². The Morgan fingerprint density at radius 2 is 2.16 bits per heavy atom. The van der Waals surface area contributed by atoms with Gasteiger partial charge in [0.05, 0.1) is 7.11 Å². The highest BCUT2D eigenvalue weighted by Crippen LogP contribution is 2.35. The van der Waals surface area contributed by atoms with Crippen LogP contribution < -0.4 is 5.32 Å². The zero-order chi connectivity index (χ0) is 13.9. The van der Waals surface area contributed by atoms with Crippen LogP contribution in [0, 0.1) is 5.92 Å². The number of nitrogens with one attached hydrogen (secondary N) is 1. The van der Waals surface area contributed by atoms with Crippen LogP contribution in [0.1, 0.15) is 45.4 Å². The molecule has 4 nitrogen and oxygen atoms in total. The van der Waals surface area contributed by atoms with Gasteiger partial charge >= 0.3 is 5.97 Å². The normalized spacial score (nSPS) is 31.5. The molecule has 2 atom stereocenters. The van der Waals surface area contributed by atoms with Gasteiger partial charge in [-0.1, -0.05) is 6.92 Å². The zero-order valence-corrected chi connectivity index (χ0v) is 12.6. The second-order valence-corrected chi connectivity index (χ2v) is 6.24. The summed E-state index contributed by atoms with van der Waals surface area (Å²) in [5.41, 5.74) is -0.454. The molecule has 0 aromatic rings. The summed E-state index contributed by atoms with van der Waals surface area (Å²) in [5, 5.41) is 3.40. The first-order chi connectivity index (χ1) is 9.11. The number of nitrogens with zero attached hydrogens (tertiary/aromatic N) is 1. The van der Waals surface area contributed by atoms with Gasteiger partial charge in [0, 0.05) is 12.6 Å². The smallest absolute Gasteiger partial charge is 0.326 e. The molecule has 0 aromatic carbocycles. The van der Waals surface area contributed by atoms with Gasteiger partial charge in [0.15, 0.2) is 0 Å². The molecule has 0 aliphatic heterocycles. The van der Waals surface area contributed by atoms with Gasteiger partial charge in [0.25, 0.3) is 0 Å². The summed E-state index contributed by atoms with van der Waals surface area (Å²) in [6.45, 7) is 4.06. The highest BCUT2D eigenvalue weighted by atomic mass is 16.5. The maximum Gasteiger partial charge on any atom is 0.326 e. The van der Waals surface area contributed by atoms with Crippen LogP contribution in [0.3, 0.4) is 0 Å². The van der Waals surface area contributed by atoms with Crippen LogP contribution in [-0.2, 0) is 9.53 Å². The van der Waals surface area contributed by atoms with Crippen molar-refractivity contribution in [1.82, 2.24) is 10.2 Å². The summed E-state index contributed by atoms with van der Waals surface area (Å²) in [7, 11) is 3.71. The number of rotatable bonds is 6. The van der Waals surface area contributed by atoms with Gasteiger partial charge in [-0.05, 0) is 58.0 Å². The van der Waals surface area contributed by atoms with E-state index in [-0.39, 0.29) is 5.97 Å². The molecule has 0 amide bonds. The Kier molecular flexibility index (Phi) is 4.85. The lowest BCUT2D eigenvalue weighted by Crippen LogP contribution is -2.58. The summed E-state index contributed by atoms with van der Waals surface area (Å²) in [4.78, 5) is 14.6. The van der Waals surface area contributed by atoms with Gasteiger partial charge in [-0.2, -0.15) is 0 Å². The second kappa shape index (κ2) is 6.23. The quantitative estimate of drug-likeness (QED) is 0.746. The lowest BCUT2D eigenvalue weighted by Gasteiger charge is -2.42. The summed E-state index contributed by atoms with van der Waals surface area (Å²) < 4.78 is 5.05. The van der Waals surface area contributed by atoms with Gasteiger partial charge in [0.2, 0.25) is 0 Å². The van der Waals surface area contributed by atoms with E-state index < -0.39 is 5.54 Å². The van der Waals surface area contributed by atoms with Crippen molar-refractivity contribution in [3.05, 3.63) is 0 Å². The third-order valence-corrected chi connectivity index (χ3v) is 4.68. The van der Waals surface area contributed by atoms with E-state index >= 15 is 0 Å². The third-order valence-electron chi connectivity index (χ3n) is 4.68. The Morgan fingerprint density at radius 1 is 1.42 bits per heavy atom. The topological polar surface area (TPSA) is 41.6 Å². The van der Waals surface area contributed by atoms with Gasteiger partial charge in [-0.3, -0.25) is 4.79 Å². The van der Waals surface area contributed by atoms with Gasteiger partial charge in [-0.15, -0.1) is 0 Å². The van der Waals surface area contributed by atoms with E-state index in [9.17, 15) is 4.79 Å². The highest BCUT2D eigenvalue weighted by Gasteiger charge is 2.44. The number of carbonyl (C=O) groups is 1. The number of ether oxygens (including phenoxy) is 1. The Labute approximate surface area is 116 Å². The second-order valence-electron chi connectivity index (χ2n) is 6.24. The number of esters is 1. The van der Waals surface area contributed by atoms with Gasteiger partial charge in [0.1, 0.15) is 5.54 Å². The first-order valence-electron chi connectivity index (χ1n) is 7.65. The standard InChI is InChI=1S/C15H28N2O2/c1-4-16-15(14(18)19-3)9-5-6-13(10-15)17(2)11-12-7-8-12/h12-13,16H,4-11H2,1-3H3. The van der Waals surface area contributed by atoms with Crippen LogP contribution in [0.15, 0.2) is 0 Å². The summed E-state index contributed by atoms with van der Waals surface area (Å²) in [5.74, 6) is 0.817. The van der Waals surface area contributed by atoms with Crippen molar-refractivity contribution in [1.29, 1.82) is 0 Å². The lowest BCUT2D eigenvalue weighted by molar-refractivity contribution is -0.151. The van der Waals surface area contributed by atoms with Crippen molar-refractivity contribution >= 4 is 5.97 Å². The lowest BCUT2D eigenvalue weighted by atomic mass is 9.78. The fourth-order valence-electron chi connectivity index (χ4n) is 3.43. The summed E-state index contributed by atoms with van der Waals surface area (Å²) >= 11 is 0. The van der Waals surface area contributed by atoms with E-state index in [2.05, 4.69) is 24.2 Å². The van der Waals surface area contributed by atoms with Crippen molar-refractivity contribution in [2.24, 2.45) is 5.92 Å². The molecule has 2 fully saturated rings. The molecule has 19 heavy (non-hydrogen) atoms. The molecule has 4 heteroatoms. The van der Waals surface area contributed by atoms with Crippen molar-refractivity contribution in [3.8, 4) is 0 Å². The van der Waals surface area contributed by atoms with E-state index in [1.165, 1.54) is 32.9 Å². The maximum atomic E-state index is 12.2. The molecule has 2 aliphatic carbocycles. The first kappa shape index (κ1) is 14.8. The number of methoxy groups -OCH3 is 1. The van der Waals surface area contributed by atoms with E-state index in [1.807, 2.05) is 0 Å². The van der Waals surface area contributed by atoms with Crippen LogP contribution in [-0.4, -0.2) is 49.7 Å². The van der Waals surface area contributed by atoms with E-state index in [0.29, 0.717) is 6.04 Å². The minimum Gasteiger partial charge on any atom is -0.468 e. The predicted molar refractivity (Wildman–Crippen MR) is 76.0 cm³/mol. The highest BCUT2D eigenvalue weighted by molar-refractivity contribution is 5.81. The number of hydrogen-bond donors (Lipinski definition) is 1. The molecule has 2 saturated carbocycles. The Bertz CT molecular complexity index is 313. The van der Waals surface area contributed by atoms with Crippen molar-refractivity contribution in [2.45, 2.75) is 57.0 Å². The molecule has 2 aliphatic rings. The molecule has 0 radical (unpaired) electrons. The third kappa shape index (κ3) is 3.48. The van der Waals surface area contributed by atoms with E-state index in [1.54, 1.807) is 0 Å². The molecule has 2 rings (SSSR count). The van der Waals surface area contributed by atoms with Crippen LogP contribution in [0.25, 0.3) is 0 Å². The SMILES string of the molecule is CCNC1(C(=O)OC)CCCC(N(C)CC2CC2)C1. The fraction of sp³-hybridized carbons (Fsp3) is 0.933. The molecular weight excluding hydrogens is 240 g/mol. The fourth-order valence-corrected chi connectivity index (χ4v) is 3.43. The van der Waals surface area contributed by atoms with Crippen molar-refractivity contribution in [2.75, 3.05) is 27.2 Å².